The molecular formula is C28H45NO8. The Balaban J connectivity index is 2.15. The quantitative estimate of drug-likeness (QED) is 0.117. The van der Waals surface area contributed by atoms with E-state index < -0.39 is 35.5 Å². The fourth-order valence-electron chi connectivity index (χ4n) is 4.61. The van der Waals surface area contributed by atoms with Gasteiger partial charge in [0.1, 0.15) is 23.6 Å². The van der Waals surface area contributed by atoms with E-state index in [9.17, 15) is 24.9 Å². The highest BCUT2D eigenvalue weighted by atomic mass is 16.6. The van der Waals surface area contributed by atoms with Gasteiger partial charge in [-0.15, -0.1) is 0 Å². The van der Waals surface area contributed by atoms with Crippen LogP contribution in [0.4, 0.5) is 0 Å². The van der Waals surface area contributed by atoms with Crippen molar-refractivity contribution in [2.24, 2.45) is 17.7 Å². The molecule has 9 unspecified atom stereocenters. The molecule has 2 heterocycles. The van der Waals surface area contributed by atoms with E-state index in [1.54, 1.807) is 24.3 Å². The van der Waals surface area contributed by atoms with E-state index in [2.05, 4.69) is 0 Å². The second-order valence-electron chi connectivity index (χ2n) is 11.0. The number of epoxide rings is 1. The Kier molecular flexibility index (Phi) is 11.2. The predicted octanol–water partition coefficient (Wildman–Crippen LogP) is 2.67. The van der Waals surface area contributed by atoms with Gasteiger partial charge in [-0.3, -0.25) is 14.4 Å². The Morgan fingerprint density at radius 2 is 2.05 bits per heavy atom. The lowest BCUT2D eigenvalue weighted by atomic mass is 9.89. The Morgan fingerprint density at radius 3 is 2.68 bits per heavy atom. The third kappa shape index (κ3) is 9.12. The molecule has 0 amide bonds. The Bertz CT molecular complexity index is 881. The molecule has 0 aliphatic carbocycles. The van der Waals surface area contributed by atoms with Crippen molar-refractivity contribution in [2.75, 3.05) is 0 Å². The standard InChI is InChI=1S/C28H45NO8/c1-7-21(31)19(4)26-22(35-26)16-27(5,37-29)13-8-9-17(2)25-18(3)10-11-23(32)28(6,34)14-12-20(30)15-24(33)36-25/h8-11,13,18-20,22-23,25-26,30,32,34H,7,12,14-16,29H2,1-6H3/b11-10+,13-8+,17-9+. The molecule has 37 heavy (non-hydrogen) atoms. The molecule has 2 aliphatic heterocycles. The number of aliphatic hydroxyl groups is 3. The molecule has 9 nitrogen and oxygen atoms in total. The maximum atomic E-state index is 12.5. The third-order valence-corrected chi connectivity index (χ3v) is 7.46. The molecule has 2 aliphatic rings. The molecule has 0 aromatic carbocycles. The molecule has 1 fully saturated rings. The number of aliphatic hydroxyl groups excluding tert-OH is 2. The van der Waals surface area contributed by atoms with Crippen LogP contribution in [0, 0.1) is 11.8 Å². The van der Waals surface area contributed by atoms with Crippen LogP contribution in [0.2, 0.25) is 0 Å². The van der Waals surface area contributed by atoms with Gasteiger partial charge in [0.15, 0.2) is 0 Å². The summed E-state index contributed by atoms with van der Waals surface area (Å²) >= 11 is 0. The van der Waals surface area contributed by atoms with Gasteiger partial charge in [0, 0.05) is 24.7 Å². The van der Waals surface area contributed by atoms with Crippen LogP contribution in [0.1, 0.15) is 73.6 Å². The highest BCUT2D eigenvalue weighted by Gasteiger charge is 2.48. The molecule has 1 saturated heterocycles. The van der Waals surface area contributed by atoms with Crippen molar-refractivity contribution < 1.29 is 39.2 Å². The van der Waals surface area contributed by atoms with Crippen LogP contribution >= 0.6 is 0 Å². The molecule has 0 spiro atoms. The molecule has 210 valence electrons. The number of hydrogen-bond acceptors (Lipinski definition) is 9. The summed E-state index contributed by atoms with van der Waals surface area (Å²) in [6.45, 7) is 10.7. The van der Waals surface area contributed by atoms with Gasteiger partial charge in [-0.25, -0.2) is 5.90 Å². The number of cyclic esters (lactones) is 1. The number of carbonyl (C=O) groups is 2. The molecule has 0 bridgehead atoms. The topological polar surface area (TPSA) is 152 Å². The van der Waals surface area contributed by atoms with Crippen LogP contribution in [0.5, 0.6) is 0 Å². The molecule has 0 aromatic rings. The van der Waals surface area contributed by atoms with Crippen LogP contribution in [0.15, 0.2) is 36.0 Å². The first-order chi connectivity index (χ1) is 17.2. The smallest absolute Gasteiger partial charge is 0.309 e. The van der Waals surface area contributed by atoms with E-state index in [-0.39, 0.29) is 49.1 Å². The first-order valence-electron chi connectivity index (χ1n) is 13.1. The van der Waals surface area contributed by atoms with Crippen LogP contribution in [-0.2, 0) is 23.9 Å². The maximum Gasteiger partial charge on any atom is 0.309 e. The Labute approximate surface area is 220 Å². The van der Waals surface area contributed by atoms with Crippen molar-refractivity contribution in [3.05, 3.63) is 36.0 Å². The van der Waals surface area contributed by atoms with Gasteiger partial charge in [0.25, 0.3) is 0 Å². The van der Waals surface area contributed by atoms with E-state index in [4.69, 9.17) is 20.2 Å². The molecular weight excluding hydrogens is 478 g/mol. The summed E-state index contributed by atoms with van der Waals surface area (Å²) in [5.41, 5.74) is -1.53. The zero-order valence-electron chi connectivity index (χ0n) is 22.9. The summed E-state index contributed by atoms with van der Waals surface area (Å²) in [5.74, 6) is 4.73. The van der Waals surface area contributed by atoms with Crippen LogP contribution in [-0.4, -0.2) is 68.8 Å². The fourth-order valence-corrected chi connectivity index (χ4v) is 4.61. The lowest BCUT2D eigenvalue weighted by Gasteiger charge is -2.30. The van der Waals surface area contributed by atoms with E-state index in [1.165, 1.54) is 13.0 Å². The van der Waals surface area contributed by atoms with Crippen LogP contribution < -0.4 is 5.90 Å². The van der Waals surface area contributed by atoms with Crippen LogP contribution in [0.25, 0.3) is 0 Å². The Morgan fingerprint density at radius 1 is 1.38 bits per heavy atom. The number of esters is 1. The number of carbonyl (C=O) groups excluding carboxylic acids is 2. The summed E-state index contributed by atoms with van der Waals surface area (Å²) in [7, 11) is 0. The molecule has 9 heteroatoms. The van der Waals surface area contributed by atoms with E-state index in [0.29, 0.717) is 12.8 Å². The lowest BCUT2D eigenvalue weighted by molar-refractivity contribution is -0.151. The summed E-state index contributed by atoms with van der Waals surface area (Å²) in [6.07, 6.45) is 6.58. The first-order valence-corrected chi connectivity index (χ1v) is 13.1. The number of Topliss-reactive ketones (excluding diaryl/α,β-unsaturated/α-hetero) is 1. The van der Waals surface area contributed by atoms with Crippen molar-refractivity contribution in [3.63, 3.8) is 0 Å². The lowest BCUT2D eigenvalue weighted by Crippen LogP contribution is -2.39. The van der Waals surface area contributed by atoms with Crippen molar-refractivity contribution in [1.29, 1.82) is 0 Å². The molecule has 0 saturated carbocycles. The molecule has 0 radical (unpaired) electrons. The summed E-state index contributed by atoms with van der Waals surface area (Å²) in [4.78, 5) is 29.7. The monoisotopic (exact) mass is 523 g/mol. The normalized spacial score (nSPS) is 37.1. The Hall–Kier alpha value is -1.88. The van der Waals surface area contributed by atoms with Gasteiger partial charge in [-0.2, -0.15) is 0 Å². The van der Waals surface area contributed by atoms with Gasteiger partial charge in [-0.1, -0.05) is 51.2 Å². The van der Waals surface area contributed by atoms with Gasteiger partial charge in [-0.05, 0) is 39.2 Å². The SMILES string of the molecule is CCC(=O)C(C)C1OC1CC(C)(/C=C/C=C(\C)C1OC(=O)CC(O)CCC(C)(O)C(O)/C=C/C1C)ON. The molecule has 2 rings (SSSR count). The number of rotatable bonds is 9. The molecule has 9 atom stereocenters. The number of allylic oxidation sites excluding steroid dienone is 2. The number of hydrogen-bond donors (Lipinski definition) is 4. The van der Waals surface area contributed by atoms with Crippen molar-refractivity contribution in [2.45, 2.75) is 115 Å². The zero-order chi connectivity index (χ0) is 28.0. The molecule has 0 aromatic heterocycles. The average Bonchev–Trinajstić information content (AvgIpc) is 3.61. The van der Waals surface area contributed by atoms with Gasteiger partial charge in [0.2, 0.25) is 0 Å². The highest BCUT2D eigenvalue weighted by molar-refractivity contribution is 5.81. The van der Waals surface area contributed by atoms with Crippen molar-refractivity contribution >= 4 is 11.8 Å². The first kappa shape index (κ1) is 31.3. The summed E-state index contributed by atoms with van der Waals surface area (Å²) in [5, 5.41) is 31.2. The number of ketones is 1. The summed E-state index contributed by atoms with van der Waals surface area (Å²) in [6, 6.07) is 0. The number of ether oxygens (including phenoxy) is 2. The number of nitrogens with two attached hydrogens (primary N) is 1. The maximum absolute atomic E-state index is 12.5. The minimum absolute atomic E-state index is 0.124. The molecule has 5 N–H and O–H groups in total. The van der Waals surface area contributed by atoms with Gasteiger partial charge < -0.3 is 24.8 Å². The van der Waals surface area contributed by atoms with E-state index >= 15 is 0 Å². The van der Waals surface area contributed by atoms with Crippen molar-refractivity contribution in [1.82, 2.24) is 0 Å². The second-order valence-corrected chi connectivity index (χ2v) is 11.0. The minimum Gasteiger partial charge on any atom is -0.457 e. The average molecular weight is 524 g/mol. The fraction of sp³-hybridized carbons (Fsp3) is 0.714. The largest absolute Gasteiger partial charge is 0.457 e. The van der Waals surface area contributed by atoms with Gasteiger partial charge in [0.05, 0.1) is 30.3 Å². The third-order valence-electron chi connectivity index (χ3n) is 7.46. The minimum atomic E-state index is -1.43. The summed E-state index contributed by atoms with van der Waals surface area (Å²) < 4.78 is 11.4. The van der Waals surface area contributed by atoms with E-state index in [1.807, 2.05) is 34.6 Å². The second kappa shape index (κ2) is 13.3. The zero-order valence-corrected chi connectivity index (χ0v) is 22.9. The van der Waals surface area contributed by atoms with E-state index in [0.717, 1.165) is 5.57 Å². The predicted molar refractivity (Wildman–Crippen MR) is 139 cm³/mol. The van der Waals surface area contributed by atoms with Crippen molar-refractivity contribution in [3.8, 4) is 0 Å². The highest BCUT2D eigenvalue weighted by Crippen LogP contribution is 2.37. The van der Waals surface area contributed by atoms with Crippen LogP contribution in [0.3, 0.4) is 0 Å². The van der Waals surface area contributed by atoms with Gasteiger partial charge >= 0.3 is 5.97 Å².